The highest BCUT2D eigenvalue weighted by atomic mass is 16.5. The van der Waals surface area contributed by atoms with Gasteiger partial charge >= 0.3 is 5.97 Å². The second kappa shape index (κ2) is 8.57. The molecule has 2 N–H and O–H groups in total. The summed E-state index contributed by atoms with van der Waals surface area (Å²) in [6.07, 6.45) is 3.28. The Kier molecular flexibility index (Phi) is 6.46. The van der Waals surface area contributed by atoms with Crippen LogP contribution in [0.5, 0.6) is 11.5 Å². The topological polar surface area (TPSA) is 84.9 Å². The fraction of sp³-hybridized carbons (Fsp3) is 0.556. The van der Waals surface area contributed by atoms with Gasteiger partial charge in [-0.3, -0.25) is 9.59 Å². The molecule has 6 nitrogen and oxygen atoms in total. The van der Waals surface area contributed by atoms with Gasteiger partial charge in [0.25, 0.3) is 0 Å². The molecule has 0 aliphatic heterocycles. The number of benzene rings is 1. The van der Waals surface area contributed by atoms with Crippen LogP contribution in [-0.4, -0.2) is 37.7 Å². The summed E-state index contributed by atoms with van der Waals surface area (Å²) in [5.41, 5.74) is 0.962. The number of hydrogen-bond donors (Lipinski definition) is 2. The summed E-state index contributed by atoms with van der Waals surface area (Å²) in [5.74, 6) is 0.0545. The van der Waals surface area contributed by atoms with Crippen molar-refractivity contribution in [3.63, 3.8) is 0 Å². The zero-order valence-electron chi connectivity index (χ0n) is 14.2. The third kappa shape index (κ3) is 4.63. The molecular weight excluding hydrogens is 310 g/mol. The number of carbonyl (C=O) groups is 2. The molecule has 1 amide bonds. The summed E-state index contributed by atoms with van der Waals surface area (Å²) in [6, 6.07) is 5.57. The highest BCUT2D eigenvalue weighted by Crippen LogP contribution is 2.29. The molecule has 2 atom stereocenters. The van der Waals surface area contributed by atoms with Crippen molar-refractivity contribution in [1.82, 2.24) is 5.32 Å². The predicted octanol–water partition coefficient (Wildman–Crippen LogP) is 2.25. The maximum absolute atomic E-state index is 12.3. The second-order valence-electron chi connectivity index (χ2n) is 6.12. The van der Waals surface area contributed by atoms with Crippen molar-refractivity contribution in [1.29, 1.82) is 0 Å². The van der Waals surface area contributed by atoms with Crippen LogP contribution in [0.15, 0.2) is 18.2 Å². The third-order valence-electron chi connectivity index (χ3n) is 4.58. The van der Waals surface area contributed by atoms with Gasteiger partial charge < -0.3 is 19.9 Å². The average Bonchev–Trinajstić information content (AvgIpc) is 2.61. The van der Waals surface area contributed by atoms with Crippen LogP contribution >= 0.6 is 0 Å². The number of hydrogen-bond acceptors (Lipinski definition) is 4. The second-order valence-corrected chi connectivity index (χ2v) is 6.12. The van der Waals surface area contributed by atoms with Crippen molar-refractivity contribution in [2.45, 2.75) is 32.1 Å². The van der Waals surface area contributed by atoms with Crippen molar-refractivity contribution < 1.29 is 24.2 Å². The molecule has 0 saturated heterocycles. The van der Waals surface area contributed by atoms with Crippen LogP contribution in [0.4, 0.5) is 0 Å². The molecule has 0 heterocycles. The summed E-state index contributed by atoms with van der Waals surface area (Å²) in [7, 11) is 3.22. The van der Waals surface area contributed by atoms with Crippen LogP contribution in [-0.2, 0) is 16.0 Å². The zero-order chi connectivity index (χ0) is 17.5. The smallest absolute Gasteiger partial charge is 0.306 e. The molecule has 1 aromatic carbocycles. The number of amides is 1. The van der Waals surface area contributed by atoms with E-state index >= 15 is 0 Å². The first-order valence-electron chi connectivity index (χ1n) is 8.26. The van der Waals surface area contributed by atoms with Gasteiger partial charge in [0.05, 0.1) is 20.1 Å². The maximum Gasteiger partial charge on any atom is 0.306 e. The van der Waals surface area contributed by atoms with Crippen molar-refractivity contribution in [2.75, 3.05) is 20.8 Å². The quantitative estimate of drug-likeness (QED) is 0.798. The molecule has 1 aliphatic rings. The summed E-state index contributed by atoms with van der Waals surface area (Å²) >= 11 is 0. The van der Waals surface area contributed by atoms with Crippen molar-refractivity contribution in [2.24, 2.45) is 11.8 Å². The molecule has 0 spiro atoms. The molecule has 0 bridgehead atoms. The molecule has 1 saturated carbocycles. The monoisotopic (exact) mass is 335 g/mol. The summed E-state index contributed by atoms with van der Waals surface area (Å²) in [4.78, 5) is 23.4. The number of nitrogens with one attached hydrogen (secondary N) is 1. The number of methoxy groups -OCH3 is 2. The summed E-state index contributed by atoms with van der Waals surface area (Å²) < 4.78 is 10.5. The van der Waals surface area contributed by atoms with Crippen LogP contribution in [0.3, 0.4) is 0 Å². The Morgan fingerprint density at radius 2 is 1.96 bits per heavy atom. The average molecular weight is 335 g/mol. The first kappa shape index (κ1) is 18.1. The van der Waals surface area contributed by atoms with Crippen LogP contribution in [0.1, 0.15) is 31.2 Å². The van der Waals surface area contributed by atoms with Crippen molar-refractivity contribution >= 4 is 11.9 Å². The van der Waals surface area contributed by atoms with Crippen LogP contribution in [0.25, 0.3) is 0 Å². The first-order valence-corrected chi connectivity index (χ1v) is 8.26. The molecule has 2 unspecified atom stereocenters. The van der Waals surface area contributed by atoms with Gasteiger partial charge in [0.2, 0.25) is 5.91 Å². The van der Waals surface area contributed by atoms with Crippen LogP contribution in [0, 0.1) is 11.8 Å². The van der Waals surface area contributed by atoms with Gasteiger partial charge in [-0.25, -0.2) is 0 Å². The van der Waals surface area contributed by atoms with Gasteiger partial charge in [0.1, 0.15) is 11.5 Å². The van der Waals surface area contributed by atoms with E-state index in [-0.39, 0.29) is 11.8 Å². The van der Waals surface area contributed by atoms with E-state index in [1.165, 1.54) is 0 Å². The number of aliphatic carboxylic acids is 1. The van der Waals surface area contributed by atoms with Gasteiger partial charge in [0.15, 0.2) is 0 Å². The molecule has 1 aliphatic carbocycles. The number of carbonyl (C=O) groups excluding carboxylic acids is 1. The molecule has 6 heteroatoms. The molecule has 1 fully saturated rings. The van der Waals surface area contributed by atoms with E-state index in [1.54, 1.807) is 14.2 Å². The lowest BCUT2D eigenvalue weighted by atomic mass is 9.81. The highest BCUT2D eigenvalue weighted by Gasteiger charge is 2.30. The van der Waals surface area contributed by atoms with Gasteiger partial charge in [-0.1, -0.05) is 6.42 Å². The van der Waals surface area contributed by atoms with E-state index < -0.39 is 11.9 Å². The van der Waals surface area contributed by atoms with Crippen molar-refractivity contribution in [3.05, 3.63) is 23.8 Å². The highest BCUT2D eigenvalue weighted by molar-refractivity contribution is 5.80. The van der Waals surface area contributed by atoms with E-state index in [9.17, 15) is 9.59 Å². The van der Waals surface area contributed by atoms with Crippen molar-refractivity contribution in [3.8, 4) is 11.5 Å². The van der Waals surface area contributed by atoms with Gasteiger partial charge in [-0.15, -0.1) is 0 Å². The van der Waals surface area contributed by atoms with E-state index in [4.69, 9.17) is 14.6 Å². The number of carboxylic acid groups (broad SMARTS) is 1. The minimum Gasteiger partial charge on any atom is -0.497 e. The standard InChI is InChI=1S/C18H25NO5/c1-23-15-6-7-16(24-2)12(11-15)8-9-19-17(20)13-4-3-5-14(10-13)18(21)22/h6-7,11,13-14H,3-5,8-10H2,1-2H3,(H,19,20)(H,21,22). The Labute approximate surface area is 142 Å². The maximum atomic E-state index is 12.3. The van der Waals surface area contributed by atoms with Gasteiger partial charge in [-0.05, 0) is 49.4 Å². The Morgan fingerprint density at radius 3 is 2.62 bits per heavy atom. The Morgan fingerprint density at radius 1 is 1.21 bits per heavy atom. The molecule has 24 heavy (non-hydrogen) atoms. The molecule has 0 radical (unpaired) electrons. The van der Waals surface area contributed by atoms with E-state index in [2.05, 4.69) is 5.32 Å². The van der Waals surface area contributed by atoms with Gasteiger partial charge in [0, 0.05) is 12.5 Å². The SMILES string of the molecule is COc1ccc(OC)c(CCNC(=O)C2CCCC(C(=O)O)C2)c1. The lowest BCUT2D eigenvalue weighted by Crippen LogP contribution is -2.36. The lowest BCUT2D eigenvalue weighted by molar-refractivity contribution is -0.144. The molecule has 2 rings (SSSR count). The van der Waals surface area contributed by atoms with Gasteiger partial charge in [-0.2, -0.15) is 0 Å². The molecule has 0 aromatic heterocycles. The minimum atomic E-state index is -0.798. The van der Waals surface area contributed by atoms with Crippen LogP contribution in [0.2, 0.25) is 0 Å². The molecule has 132 valence electrons. The minimum absolute atomic E-state index is 0.0530. The Bertz CT molecular complexity index is 587. The molecule has 1 aromatic rings. The predicted molar refractivity (Wildman–Crippen MR) is 89.3 cm³/mol. The Balaban J connectivity index is 1.87. The fourth-order valence-electron chi connectivity index (χ4n) is 3.19. The molecular formula is C18H25NO5. The number of rotatable bonds is 7. The Hall–Kier alpha value is -2.24. The first-order chi connectivity index (χ1) is 11.5. The normalized spacial score (nSPS) is 20.2. The lowest BCUT2D eigenvalue weighted by Gasteiger charge is -2.25. The number of ether oxygens (including phenoxy) is 2. The van der Waals surface area contributed by atoms with E-state index in [0.29, 0.717) is 25.8 Å². The van der Waals surface area contributed by atoms with Crippen LogP contribution < -0.4 is 14.8 Å². The summed E-state index contributed by atoms with van der Waals surface area (Å²) in [5, 5.41) is 12.0. The third-order valence-corrected chi connectivity index (χ3v) is 4.58. The zero-order valence-corrected chi connectivity index (χ0v) is 14.2. The largest absolute Gasteiger partial charge is 0.497 e. The van der Waals surface area contributed by atoms with E-state index in [0.717, 1.165) is 29.9 Å². The number of carboxylic acids is 1. The van der Waals surface area contributed by atoms with E-state index in [1.807, 2.05) is 18.2 Å². The summed E-state index contributed by atoms with van der Waals surface area (Å²) in [6.45, 7) is 0.483. The fourth-order valence-corrected chi connectivity index (χ4v) is 3.19.